The Kier molecular flexibility index (Phi) is 7.01. The Morgan fingerprint density at radius 3 is 2.56 bits per heavy atom. The highest BCUT2D eigenvalue weighted by Crippen LogP contribution is 2.27. The van der Waals surface area contributed by atoms with E-state index in [9.17, 15) is 26.4 Å². The molecule has 3 rings (SSSR count). The van der Waals surface area contributed by atoms with E-state index in [1.807, 2.05) is 0 Å². The fourth-order valence-electron chi connectivity index (χ4n) is 2.59. The second kappa shape index (κ2) is 9.71. The number of halogens is 3. The second-order valence-electron chi connectivity index (χ2n) is 6.34. The van der Waals surface area contributed by atoms with Gasteiger partial charge < -0.3 is 14.5 Å². The molecule has 0 fully saturated rings. The van der Waals surface area contributed by atoms with Gasteiger partial charge >= 0.3 is 6.36 Å². The third-order valence-corrected chi connectivity index (χ3v) is 5.39. The van der Waals surface area contributed by atoms with Crippen LogP contribution < -0.4 is 14.8 Å². The predicted molar refractivity (Wildman–Crippen MR) is 110 cm³/mol. The number of furan rings is 1. The summed E-state index contributed by atoms with van der Waals surface area (Å²) >= 11 is 0. The number of carbonyl (C=O) groups is 1. The first kappa shape index (κ1) is 23.1. The standard InChI is InChI=1S/C21H17F3N2O5S/c22-21(23,24)31-19-9-2-1-5-15(19)10-11-20(27)26-16-6-3-8-18(13-16)32(28,29)25-14-17-7-4-12-30-17/h1-13,25H,14H2,(H,26,27)/b11-10+. The van der Waals surface area contributed by atoms with E-state index in [1.54, 1.807) is 12.1 Å². The van der Waals surface area contributed by atoms with Crippen LogP contribution in [0.25, 0.3) is 6.08 Å². The molecule has 0 aliphatic carbocycles. The van der Waals surface area contributed by atoms with E-state index < -0.39 is 28.0 Å². The zero-order valence-corrected chi connectivity index (χ0v) is 17.1. The molecule has 2 aromatic carbocycles. The molecule has 0 saturated heterocycles. The minimum Gasteiger partial charge on any atom is -0.468 e. The van der Waals surface area contributed by atoms with Gasteiger partial charge in [0, 0.05) is 17.3 Å². The predicted octanol–water partition coefficient (Wildman–Crippen LogP) is 4.31. The van der Waals surface area contributed by atoms with Crippen molar-refractivity contribution in [2.75, 3.05) is 5.32 Å². The molecule has 2 N–H and O–H groups in total. The molecule has 1 heterocycles. The Balaban J connectivity index is 1.67. The maximum atomic E-state index is 12.5. The van der Waals surface area contributed by atoms with E-state index in [0.717, 1.165) is 18.2 Å². The molecule has 3 aromatic rings. The quantitative estimate of drug-likeness (QED) is 0.482. The number of rotatable bonds is 8. The Morgan fingerprint density at radius 2 is 1.84 bits per heavy atom. The van der Waals surface area contributed by atoms with Crippen LogP contribution in [0.2, 0.25) is 0 Å². The number of sulfonamides is 1. The van der Waals surface area contributed by atoms with Gasteiger partial charge in [0.15, 0.2) is 0 Å². The maximum Gasteiger partial charge on any atom is 0.573 e. The molecule has 0 atom stereocenters. The van der Waals surface area contributed by atoms with Gasteiger partial charge in [-0.2, -0.15) is 0 Å². The maximum absolute atomic E-state index is 12.5. The molecule has 0 saturated carbocycles. The largest absolute Gasteiger partial charge is 0.573 e. The van der Waals surface area contributed by atoms with E-state index in [4.69, 9.17) is 4.42 Å². The minimum absolute atomic E-state index is 0.0402. The van der Waals surface area contributed by atoms with Gasteiger partial charge in [0.05, 0.1) is 17.7 Å². The van der Waals surface area contributed by atoms with Crippen LogP contribution in [0.15, 0.2) is 82.3 Å². The monoisotopic (exact) mass is 466 g/mol. The third-order valence-electron chi connectivity index (χ3n) is 3.99. The van der Waals surface area contributed by atoms with Crippen molar-refractivity contribution in [2.24, 2.45) is 0 Å². The summed E-state index contributed by atoms with van der Waals surface area (Å²) in [5, 5.41) is 2.46. The summed E-state index contributed by atoms with van der Waals surface area (Å²) in [5.74, 6) is -0.706. The number of hydrogen-bond acceptors (Lipinski definition) is 5. The van der Waals surface area contributed by atoms with Crippen molar-refractivity contribution in [1.29, 1.82) is 0 Å². The van der Waals surface area contributed by atoms with Crippen molar-refractivity contribution in [1.82, 2.24) is 4.72 Å². The van der Waals surface area contributed by atoms with E-state index in [1.165, 1.54) is 48.7 Å². The van der Waals surface area contributed by atoms with Gasteiger partial charge in [-0.3, -0.25) is 4.79 Å². The number of carbonyl (C=O) groups excluding carboxylic acids is 1. The average Bonchev–Trinajstić information content (AvgIpc) is 3.25. The van der Waals surface area contributed by atoms with Crippen molar-refractivity contribution < 1.29 is 35.5 Å². The number of nitrogens with one attached hydrogen (secondary N) is 2. The summed E-state index contributed by atoms with van der Waals surface area (Å²) < 4.78 is 73.7. The number of alkyl halides is 3. The van der Waals surface area contributed by atoms with E-state index >= 15 is 0 Å². The number of ether oxygens (including phenoxy) is 1. The molecule has 0 unspecified atom stereocenters. The highest BCUT2D eigenvalue weighted by Gasteiger charge is 2.31. The zero-order valence-electron chi connectivity index (χ0n) is 16.3. The number of para-hydroxylation sites is 1. The minimum atomic E-state index is -4.87. The van der Waals surface area contributed by atoms with E-state index in [-0.39, 0.29) is 22.7 Å². The molecule has 0 aliphatic heterocycles. The molecular formula is C21H17F3N2O5S. The van der Waals surface area contributed by atoms with Gasteiger partial charge in [-0.15, -0.1) is 13.2 Å². The number of benzene rings is 2. The van der Waals surface area contributed by atoms with Crippen LogP contribution in [0.4, 0.5) is 18.9 Å². The zero-order chi connectivity index (χ0) is 23.2. The summed E-state index contributed by atoms with van der Waals surface area (Å²) in [6, 6.07) is 14.1. The first-order chi connectivity index (χ1) is 15.1. The molecular weight excluding hydrogens is 449 g/mol. The smallest absolute Gasteiger partial charge is 0.468 e. The SMILES string of the molecule is O=C(/C=C/c1ccccc1OC(F)(F)F)Nc1cccc(S(=O)(=O)NCc2ccco2)c1. The van der Waals surface area contributed by atoms with Crippen LogP contribution in [0.5, 0.6) is 5.75 Å². The van der Waals surface area contributed by atoms with E-state index in [0.29, 0.717) is 5.76 Å². The Morgan fingerprint density at radius 1 is 1.06 bits per heavy atom. The highest BCUT2D eigenvalue weighted by molar-refractivity contribution is 7.89. The van der Waals surface area contributed by atoms with Crippen LogP contribution >= 0.6 is 0 Å². The van der Waals surface area contributed by atoms with Crippen LogP contribution in [0, 0.1) is 0 Å². The number of amides is 1. The fraction of sp³-hybridized carbons (Fsp3) is 0.0952. The van der Waals surface area contributed by atoms with Crippen LogP contribution in [0.1, 0.15) is 11.3 Å². The molecule has 11 heteroatoms. The summed E-state index contributed by atoms with van der Waals surface area (Å²) in [6.07, 6.45) is -1.29. The normalized spacial score (nSPS) is 12.1. The Hall–Kier alpha value is -3.57. The average molecular weight is 466 g/mol. The molecule has 0 spiro atoms. The lowest BCUT2D eigenvalue weighted by atomic mass is 10.2. The molecule has 1 aromatic heterocycles. The van der Waals surface area contributed by atoms with E-state index in [2.05, 4.69) is 14.8 Å². The lowest BCUT2D eigenvalue weighted by Crippen LogP contribution is -2.23. The summed E-state index contributed by atoms with van der Waals surface area (Å²) in [5.41, 5.74) is 0.221. The van der Waals surface area contributed by atoms with Gasteiger partial charge in [-0.25, -0.2) is 13.1 Å². The number of anilines is 1. The van der Waals surface area contributed by atoms with Gasteiger partial charge in [0.2, 0.25) is 15.9 Å². The highest BCUT2D eigenvalue weighted by atomic mass is 32.2. The lowest BCUT2D eigenvalue weighted by Gasteiger charge is -2.11. The van der Waals surface area contributed by atoms with Gasteiger partial charge in [-0.1, -0.05) is 24.3 Å². The summed E-state index contributed by atoms with van der Waals surface area (Å²) in [4.78, 5) is 12.1. The van der Waals surface area contributed by atoms with Gasteiger partial charge in [-0.05, 0) is 42.5 Å². The van der Waals surface area contributed by atoms with Gasteiger partial charge in [0.25, 0.3) is 0 Å². The van der Waals surface area contributed by atoms with Crippen molar-refractivity contribution in [2.45, 2.75) is 17.8 Å². The molecule has 1 amide bonds. The van der Waals surface area contributed by atoms with Crippen molar-refractivity contribution in [3.63, 3.8) is 0 Å². The summed E-state index contributed by atoms with van der Waals surface area (Å²) in [7, 11) is -3.88. The molecule has 7 nitrogen and oxygen atoms in total. The molecule has 0 radical (unpaired) electrons. The molecule has 168 valence electrons. The molecule has 0 aliphatic rings. The molecule has 0 bridgehead atoms. The first-order valence-corrected chi connectivity index (χ1v) is 10.6. The van der Waals surface area contributed by atoms with Crippen LogP contribution in [0.3, 0.4) is 0 Å². The topological polar surface area (TPSA) is 97.6 Å². The molecule has 32 heavy (non-hydrogen) atoms. The van der Waals surface area contributed by atoms with Crippen molar-refractivity contribution in [3.05, 3.63) is 84.3 Å². The lowest BCUT2D eigenvalue weighted by molar-refractivity contribution is -0.274. The van der Waals surface area contributed by atoms with Crippen LogP contribution in [-0.4, -0.2) is 20.7 Å². The number of hydrogen-bond donors (Lipinski definition) is 2. The van der Waals surface area contributed by atoms with Crippen molar-refractivity contribution >= 4 is 27.7 Å². The summed E-state index contributed by atoms with van der Waals surface area (Å²) in [6.45, 7) is -0.0476. The second-order valence-corrected chi connectivity index (χ2v) is 8.11. The van der Waals surface area contributed by atoms with Crippen LogP contribution in [-0.2, 0) is 21.4 Å². The van der Waals surface area contributed by atoms with Crippen molar-refractivity contribution in [3.8, 4) is 5.75 Å². The van der Waals surface area contributed by atoms with Gasteiger partial charge in [0.1, 0.15) is 11.5 Å². The Labute approximate surface area is 181 Å². The fourth-order valence-corrected chi connectivity index (χ4v) is 3.63. The third kappa shape index (κ3) is 6.72. The first-order valence-electron chi connectivity index (χ1n) is 9.08. The Bertz CT molecular complexity index is 1210.